The Bertz CT molecular complexity index is 555. The zero-order valence-corrected chi connectivity index (χ0v) is 12.4. The maximum atomic E-state index is 5.72. The highest BCUT2D eigenvalue weighted by Crippen LogP contribution is 2.28. The summed E-state index contributed by atoms with van der Waals surface area (Å²) in [5, 5.41) is 0. The highest BCUT2D eigenvalue weighted by molar-refractivity contribution is 9.10. The molecule has 0 N–H and O–H groups in total. The molecule has 0 atom stereocenters. The Morgan fingerprint density at radius 1 is 0.947 bits per heavy atom. The van der Waals surface area contributed by atoms with Crippen LogP contribution in [0.25, 0.3) is 0 Å². The summed E-state index contributed by atoms with van der Waals surface area (Å²) in [5.41, 5.74) is 1.03. The standard InChI is InChI=1S/C15H15BrO3/c1-17-14-7-6-11(8-15(14)18-2)10-19-13-5-3-4-12(16)9-13/h3-9H,10H2,1-2H3. The molecule has 2 aromatic carbocycles. The number of hydrogen-bond acceptors (Lipinski definition) is 3. The molecule has 0 amide bonds. The van der Waals surface area contributed by atoms with E-state index in [0.717, 1.165) is 15.8 Å². The number of halogens is 1. The minimum absolute atomic E-state index is 0.483. The lowest BCUT2D eigenvalue weighted by atomic mass is 10.2. The van der Waals surface area contributed by atoms with Crippen molar-refractivity contribution in [2.24, 2.45) is 0 Å². The van der Waals surface area contributed by atoms with Crippen LogP contribution in [-0.2, 0) is 6.61 Å². The van der Waals surface area contributed by atoms with Crippen molar-refractivity contribution in [1.82, 2.24) is 0 Å². The van der Waals surface area contributed by atoms with E-state index in [0.29, 0.717) is 18.1 Å². The minimum Gasteiger partial charge on any atom is -0.493 e. The summed E-state index contributed by atoms with van der Waals surface area (Å²) in [6.45, 7) is 0.483. The van der Waals surface area contributed by atoms with Crippen molar-refractivity contribution >= 4 is 15.9 Å². The molecule has 0 unspecified atom stereocenters. The van der Waals surface area contributed by atoms with Gasteiger partial charge in [-0.15, -0.1) is 0 Å². The van der Waals surface area contributed by atoms with Crippen molar-refractivity contribution < 1.29 is 14.2 Å². The predicted molar refractivity (Wildman–Crippen MR) is 78.0 cm³/mol. The van der Waals surface area contributed by atoms with Crippen LogP contribution >= 0.6 is 15.9 Å². The normalized spacial score (nSPS) is 10.1. The molecule has 4 heteroatoms. The quantitative estimate of drug-likeness (QED) is 0.831. The fourth-order valence-electron chi connectivity index (χ4n) is 1.69. The molecule has 2 rings (SSSR count). The number of benzene rings is 2. The summed E-state index contributed by atoms with van der Waals surface area (Å²) in [6, 6.07) is 13.5. The third kappa shape index (κ3) is 3.64. The van der Waals surface area contributed by atoms with Gasteiger partial charge in [-0.3, -0.25) is 0 Å². The fourth-order valence-corrected chi connectivity index (χ4v) is 2.07. The number of methoxy groups -OCH3 is 2. The van der Waals surface area contributed by atoms with E-state index < -0.39 is 0 Å². The van der Waals surface area contributed by atoms with Crippen molar-refractivity contribution in [2.75, 3.05) is 14.2 Å². The summed E-state index contributed by atoms with van der Waals surface area (Å²) in [6.07, 6.45) is 0. The lowest BCUT2D eigenvalue weighted by Crippen LogP contribution is -1.97. The fraction of sp³-hybridized carbons (Fsp3) is 0.200. The summed E-state index contributed by atoms with van der Waals surface area (Å²) in [4.78, 5) is 0. The maximum Gasteiger partial charge on any atom is 0.161 e. The second-order valence-electron chi connectivity index (χ2n) is 3.94. The zero-order valence-electron chi connectivity index (χ0n) is 10.9. The summed E-state index contributed by atoms with van der Waals surface area (Å²) >= 11 is 3.41. The molecule has 0 fully saturated rings. The van der Waals surface area contributed by atoms with Crippen LogP contribution < -0.4 is 14.2 Å². The number of rotatable bonds is 5. The molecule has 0 aliphatic carbocycles. The first kappa shape index (κ1) is 13.7. The van der Waals surface area contributed by atoms with E-state index in [4.69, 9.17) is 14.2 Å². The van der Waals surface area contributed by atoms with Gasteiger partial charge < -0.3 is 14.2 Å². The molecule has 0 saturated carbocycles. The average Bonchev–Trinajstić information content (AvgIpc) is 2.45. The van der Waals surface area contributed by atoms with Crippen LogP contribution in [0.15, 0.2) is 46.9 Å². The van der Waals surface area contributed by atoms with E-state index in [1.165, 1.54) is 0 Å². The van der Waals surface area contributed by atoms with E-state index in [-0.39, 0.29) is 0 Å². The highest BCUT2D eigenvalue weighted by atomic mass is 79.9. The average molecular weight is 323 g/mol. The predicted octanol–water partition coefficient (Wildman–Crippen LogP) is 4.05. The van der Waals surface area contributed by atoms with Crippen molar-refractivity contribution in [3.05, 3.63) is 52.5 Å². The molecule has 2 aromatic rings. The van der Waals surface area contributed by atoms with Crippen molar-refractivity contribution in [2.45, 2.75) is 6.61 Å². The summed E-state index contributed by atoms with van der Waals surface area (Å²) < 4.78 is 17.2. The molecule has 0 aliphatic rings. The Balaban J connectivity index is 2.07. The van der Waals surface area contributed by atoms with E-state index in [2.05, 4.69) is 15.9 Å². The molecule has 0 spiro atoms. The monoisotopic (exact) mass is 322 g/mol. The third-order valence-corrected chi connectivity index (χ3v) is 3.14. The molecule has 0 aromatic heterocycles. The first-order valence-corrected chi connectivity index (χ1v) is 6.61. The van der Waals surface area contributed by atoms with Gasteiger partial charge in [-0.25, -0.2) is 0 Å². The van der Waals surface area contributed by atoms with Gasteiger partial charge in [0, 0.05) is 4.47 Å². The highest BCUT2D eigenvalue weighted by Gasteiger charge is 2.05. The van der Waals surface area contributed by atoms with Crippen molar-refractivity contribution in [1.29, 1.82) is 0 Å². The Labute approximate surface area is 121 Å². The number of ether oxygens (including phenoxy) is 3. The Kier molecular flexibility index (Phi) is 4.68. The second kappa shape index (κ2) is 6.48. The summed E-state index contributed by atoms with van der Waals surface area (Å²) in [7, 11) is 3.24. The molecular formula is C15H15BrO3. The van der Waals surface area contributed by atoms with Crippen molar-refractivity contribution in [3.8, 4) is 17.2 Å². The molecule has 0 saturated heterocycles. The van der Waals surface area contributed by atoms with Gasteiger partial charge >= 0.3 is 0 Å². The van der Waals surface area contributed by atoms with E-state index in [1.54, 1.807) is 14.2 Å². The van der Waals surface area contributed by atoms with Gasteiger partial charge in [-0.05, 0) is 35.9 Å². The third-order valence-electron chi connectivity index (χ3n) is 2.65. The molecular weight excluding hydrogens is 308 g/mol. The van der Waals surface area contributed by atoms with Gasteiger partial charge in [0.15, 0.2) is 11.5 Å². The molecule has 3 nitrogen and oxygen atoms in total. The van der Waals surface area contributed by atoms with Gasteiger partial charge in [0.1, 0.15) is 12.4 Å². The SMILES string of the molecule is COc1ccc(COc2cccc(Br)c2)cc1OC. The van der Waals surface area contributed by atoms with Gasteiger partial charge in [0.05, 0.1) is 14.2 Å². The largest absolute Gasteiger partial charge is 0.493 e. The van der Waals surface area contributed by atoms with Gasteiger partial charge in [-0.2, -0.15) is 0 Å². The summed E-state index contributed by atoms with van der Waals surface area (Å²) in [5.74, 6) is 2.25. The molecule has 0 aliphatic heterocycles. The second-order valence-corrected chi connectivity index (χ2v) is 4.85. The van der Waals surface area contributed by atoms with Gasteiger partial charge in [-0.1, -0.05) is 28.1 Å². The van der Waals surface area contributed by atoms with Crippen LogP contribution in [0.3, 0.4) is 0 Å². The first-order chi connectivity index (χ1) is 9.22. The first-order valence-electron chi connectivity index (χ1n) is 5.82. The lowest BCUT2D eigenvalue weighted by Gasteiger charge is -2.10. The van der Waals surface area contributed by atoms with Crippen LogP contribution in [0.1, 0.15) is 5.56 Å². The smallest absolute Gasteiger partial charge is 0.161 e. The van der Waals surface area contributed by atoms with Crippen LogP contribution in [0, 0.1) is 0 Å². The zero-order chi connectivity index (χ0) is 13.7. The molecule has 0 bridgehead atoms. The van der Waals surface area contributed by atoms with Crippen LogP contribution in [0.4, 0.5) is 0 Å². The minimum atomic E-state index is 0.483. The van der Waals surface area contributed by atoms with Gasteiger partial charge in [0.25, 0.3) is 0 Å². The van der Waals surface area contributed by atoms with Crippen LogP contribution in [0.2, 0.25) is 0 Å². The molecule has 0 radical (unpaired) electrons. The maximum absolute atomic E-state index is 5.72. The molecule has 0 heterocycles. The Hall–Kier alpha value is -1.68. The van der Waals surface area contributed by atoms with E-state index in [9.17, 15) is 0 Å². The van der Waals surface area contributed by atoms with Gasteiger partial charge in [0.2, 0.25) is 0 Å². The molecule has 100 valence electrons. The van der Waals surface area contributed by atoms with Crippen LogP contribution in [0.5, 0.6) is 17.2 Å². The Morgan fingerprint density at radius 2 is 1.74 bits per heavy atom. The van der Waals surface area contributed by atoms with E-state index >= 15 is 0 Å². The Morgan fingerprint density at radius 3 is 2.42 bits per heavy atom. The number of hydrogen-bond donors (Lipinski definition) is 0. The van der Waals surface area contributed by atoms with Crippen molar-refractivity contribution in [3.63, 3.8) is 0 Å². The topological polar surface area (TPSA) is 27.7 Å². The lowest BCUT2D eigenvalue weighted by molar-refractivity contribution is 0.303. The molecule has 19 heavy (non-hydrogen) atoms. The van der Waals surface area contributed by atoms with Crippen LogP contribution in [-0.4, -0.2) is 14.2 Å². The van der Waals surface area contributed by atoms with E-state index in [1.807, 2.05) is 42.5 Å².